The van der Waals surface area contributed by atoms with Crippen molar-refractivity contribution in [2.24, 2.45) is 0 Å². The van der Waals surface area contributed by atoms with Crippen LogP contribution >= 0.6 is 0 Å². The maximum absolute atomic E-state index is 5.04. The molecule has 0 aliphatic heterocycles. The van der Waals surface area contributed by atoms with E-state index in [0.717, 1.165) is 38.4 Å². The molecule has 0 atom stereocenters. The van der Waals surface area contributed by atoms with Crippen LogP contribution in [0.3, 0.4) is 0 Å². The Balaban J connectivity index is 1.21. The van der Waals surface area contributed by atoms with E-state index in [4.69, 9.17) is 15.0 Å². The Labute approximate surface area is 256 Å². The van der Waals surface area contributed by atoms with Gasteiger partial charge in [-0.25, -0.2) is 15.0 Å². The molecule has 206 valence electrons. The van der Waals surface area contributed by atoms with E-state index in [1.807, 2.05) is 6.07 Å². The number of hydrogen-bond acceptors (Lipinski definition) is 3. The molecule has 8 rings (SSSR count). The Kier molecular flexibility index (Phi) is 6.47. The van der Waals surface area contributed by atoms with Crippen molar-refractivity contribution in [3.05, 3.63) is 164 Å². The first-order valence-electron chi connectivity index (χ1n) is 14.8. The largest absolute Gasteiger partial charge is 0.208 e. The lowest BCUT2D eigenvalue weighted by atomic mass is 9.99. The van der Waals surface area contributed by atoms with Gasteiger partial charge < -0.3 is 0 Å². The van der Waals surface area contributed by atoms with Crippen LogP contribution in [-0.2, 0) is 0 Å². The highest BCUT2D eigenvalue weighted by Crippen LogP contribution is 2.32. The number of aromatic nitrogens is 3. The molecule has 0 fully saturated rings. The molecule has 3 heteroatoms. The second-order valence-electron chi connectivity index (χ2n) is 10.9. The Morgan fingerprint density at radius 1 is 0.273 bits per heavy atom. The molecule has 0 N–H and O–H groups in total. The van der Waals surface area contributed by atoms with Gasteiger partial charge in [-0.15, -0.1) is 0 Å². The van der Waals surface area contributed by atoms with Crippen molar-refractivity contribution in [1.82, 2.24) is 15.0 Å². The zero-order valence-corrected chi connectivity index (χ0v) is 23.9. The standard InChI is InChI=1S/C41H27N3/c1-2-9-28(10-3-1)30-17-19-31(20-18-30)32-21-24-34(25-22-32)39-42-40(36-26-23-29-11-4-5-13-35(29)27-36)44-41(43-39)38-16-8-14-33-12-6-7-15-37(33)38/h1-27H. The summed E-state index contributed by atoms with van der Waals surface area (Å²) in [6.45, 7) is 0. The molecule has 0 aliphatic carbocycles. The van der Waals surface area contributed by atoms with Gasteiger partial charge in [0.05, 0.1) is 0 Å². The molecule has 3 nitrogen and oxygen atoms in total. The van der Waals surface area contributed by atoms with E-state index in [1.54, 1.807) is 0 Å². The van der Waals surface area contributed by atoms with Crippen molar-refractivity contribution in [2.45, 2.75) is 0 Å². The van der Waals surface area contributed by atoms with Gasteiger partial charge in [0, 0.05) is 16.7 Å². The molecule has 1 heterocycles. The molecule has 0 unspecified atom stereocenters. The summed E-state index contributed by atoms with van der Waals surface area (Å²) in [5.74, 6) is 1.97. The molecule has 1 aromatic heterocycles. The summed E-state index contributed by atoms with van der Waals surface area (Å²) >= 11 is 0. The van der Waals surface area contributed by atoms with Crippen molar-refractivity contribution in [3.8, 4) is 56.4 Å². The predicted molar refractivity (Wildman–Crippen MR) is 182 cm³/mol. The third-order valence-corrected chi connectivity index (χ3v) is 8.14. The fourth-order valence-corrected chi connectivity index (χ4v) is 5.80. The Hall–Kier alpha value is -5.93. The van der Waals surface area contributed by atoms with E-state index < -0.39 is 0 Å². The fourth-order valence-electron chi connectivity index (χ4n) is 5.80. The van der Waals surface area contributed by atoms with Crippen LogP contribution in [0.2, 0.25) is 0 Å². The van der Waals surface area contributed by atoms with E-state index in [0.29, 0.717) is 17.5 Å². The first kappa shape index (κ1) is 25.8. The SMILES string of the molecule is c1ccc(-c2ccc(-c3ccc(-c4nc(-c5ccc6ccccc6c5)nc(-c5cccc6ccccc56)n4)cc3)cc2)cc1. The molecule has 0 saturated carbocycles. The summed E-state index contributed by atoms with van der Waals surface area (Å²) in [5.41, 5.74) is 7.63. The molecule has 44 heavy (non-hydrogen) atoms. The molecule has 0 radical (unpaired) electrons. The summed E-state index contributed by atoms with van der Waals surface area (Å²) in [4.78, 5) is 15.1. The van der Waals surface area contributed by atoms with Crippen LogP contribution < -0.4 is 0 Å². The summed E-state index contributed by atoms with van der Waals surface area (Å²) in [6, 6.07) is 57.0. The summed E-state index contributed by atoms with van der Waals surface area (Å²) in [7, 11) is 0. The topological polar surface area (TPSA) is 38.7 Å². The quantitative estimate of drug-likeness (QED) is 0.210. The lowest BCUT2D eigenvalue weighted by Gasteiger charge is -2.11. The number of hydrogen-bond donors (Lipinski definition) is 0. The molecule has 0 spiro atoms. The minimum atomic E-state index is 0.650. The van der Waals surface area contributed by atoms with Crippen LogP contribution in [0.4, 0.5) is 0 Å². The van der Waals surface area contributed by atoms with Crippen LogP contribution in [0.1, 0.15) is 0 Å². The van der Waals surface area contributed by atoms with Crippen LogP contribution in [-0.4, -0.2) is 15.0 Å². The summed E-state index contributed by atoms with van der Waals surface area (Å²) < 4.78 is 0. The van der Waals surface area contributed by atoms with Gasteiger partial charge in [-0.3, -0.25) is 0 Å². The number of benzene rings is 7. The fraction of sp³-hybridized carbons (Fsp3) is 0. The van der Waals surface area contributed by atoms with Gasteiger partial charge in [0.15, 0.2) is 17.5 Å². The maximum atomic E-state index is 5.04. The van der Waals surface area contributed by atoms with Crippen molar-refractivity contribution in [1.29, 1.82) is 0 Å². The predicted octanol–water partition coefficient (Wildman–Crippen LogP) is 10.5. The first-order valence-corrected chi connectivity index (χ1v) is 14.8. The van der Waals surface area contributed by atoms with Crippen molar-refractivity contribution >= 4 is 21.5 Å². The summed E-state index contributed by atoms with van der Waals surface area (Å²) in [6.07, 6.45) is 0. The molecule has 0 aliphatic rings. The first-order chi connectivity index (χ1) is 21.8. The average Bonchev–Trinajstić information content (AvgIpc) is 3.11. The molecule has 0 amide bonds. The second-order valence-corrected chi connectivity index (χ2v) is 10.9. The molecule has 7 aromatic carbocycles. The van der Waals surface area contributed by atoms with E-state index in [-0.39, 0.29) is 0 Å². The molecular formula is C41H27N3. The number of fused-ring (bicyclic) bond motifs is 2. The van der Waals surface area contributed by atoms with Crippen molar-refractivity contribution in [2.75, 3.05) is 0 Å². The Morgan fingerprint density at radius 2 is 0.750 bits per heavy atom. The summed E-state index contributed by atoms with van der Waals surface area (Å²) in [5, 5.41) is 4.61. The highest BCUT2D eigenvalue weighted by atomic mass is 15.0. The average molecular weight is 562 g/mol. The van der Waals surface area contributed by atoms with Gasteiger partial charge in [-0.05, 0) is 49.9 Å². The van der Waals surface area contributed by atoms with E-state index >= 15 is 0 Å². The number of nitrogens with zero attached hydrogens (tertiary/aromatic N) is 3. The third-order valence-electron chi connectivity index (χ3n) is 8.14. The maximum Gasteiger partial charge on any atom is 0.164 e. The molecule has 8 aromatic rings. The normalized spacial score (nSPS) is 11.2. The lowest BCUT2D eigenvalue weighted by Crippen LogP contribution is -2.00. The second kappa shape index (κ2) is 11.0. The monoisotopic (exact) mass is 561 g/mol. The minimum absolute atomic E-state index is 0.650. The van der Waals surface area contributed by atoms with E-state index in [9.17, 15) is 0 Å². The smallest absolute Gasteiger partial charge is 0.164 e. The van der Waals surface area contributed by atoms with E-state index in [2.05, 4.69) is 158 Å². The van der Waals surface area contributed by atoms with Crippen LogP contribution in [0.25, 0.3) is 78.0 Å². The third kappa shape index (κ3) is 4.91. The van der Waals surface area contributed by atoms with E-state index in [1.165, 1.54) is 22.1 Å². The van der Waals surface area contributed by atoms with Gasteiger partial charge in [0.1, 0.15) is 0 Å². The van der Waals surface area contributed by atoms with Crippen molar-refractivity contribution in [3.63, 3.8) is 0 Å². The van der Waals surface area contributed by atoms with Crippen LogP contribution in [0.15, 0.2) is 164 Å². The highest BCUT2D eigenvalue weighted by Gasteiger charge is 2.15. The Bertz CT molecular complexity index is 2250. The lowest BCUT2D eigenvalue weighted by molar-refractivity contribution is 1.08. The van der Waals surface area contributed by atoms with Crippen LogP contribution in [0.5, 0.6) is 0 Å². The molecule has 0 saturated heterocycles. The Morgan fingerprint density at radius 3 is 1.45 bits per heavy atom. The van der Waals surface area contributed by atoms with Gasteiger partial charge in [-0.1, -0.05) is 158 Å². The van der Waals surface area contributed by atoms with Crippen molar-refractivity contribution < 1.29 is 0 Å². The van der Waals surface area contributed by atoms with Gasteiger partial charge in [0.2, 0.25) is 0 Å². The molecular weight excluding hydrogens is 534 g/mol. The number of rotatable bonds is 5. The van der Waals surface area contributed by atoms with Gasteiger partial charge >= 0.3 is 0 Å². The van der Waals surface area contributed by atoms with Gasteiger partial charge in [0.25, 0.3) is 0 Å². The van der Waals surface area contributed by atoms with Crippen LogP contribution in [0, 0.1) is 0 Å². The zero-order chi connectivity index (χ0) is 29.3. The highest BCUT2D eigenvalue weighted by molar-refractivity contribution is 5.95. The molecule has 0 bridgehead atoms. The van der Waals surface area contributed by atoms with Gasteiger partial charge in [-0.2, -0.15) is 0 Å². The zero-order valence-electron chi connectivity index (χ0n) is 23.9. The minimum Gasteiger partial charge on any atom is -0.208 e.